The second-order valence-corrected chi connectivity index (χ2v) is 8.90. The first-order chi connectivity index (χ1) is 13.5. The van der Waals surface area contributed by atoms with E-state index in [2.05, 4.69) is 26.0 Å². The van der Waals surface area contributed by atoms with E-state index in [1.54, 1.807) is 0 Å². The van der Waals surface area contributed by atoms with Gasteiger partial charge < -0.3 is 19.7 Å². The van der Waals surface area contributed by atoms with E-state index in [-0.39, 0.29) is 29.1 Å². The number of carbonyl (C=O) groups is 1. The fourth-order valence-electron chi connectivity index (χ4n) is 3.76. The summed E-state index contributed by atoms with van der Waals surface area (Å²) in [7, 11) is 2.88. The molecule has 0 saturated carbocycles. The third-order valence-corrected chi connectivity index (χ3v) is 5.73. The van der Waals surface area contributed by atoms with Gasteiger partial charge in [-0.3, -0.25) is 4.79 Å². The maximum absolute atomic E-state index is 12.5. The molecular formula is C24H40O5. The first-order valence-electron chi connectivity index (χ1n) is 10.6. The van der Waals surface area contributed by atoms with Crippen molar-refractivity contribution in [3.05, 3.63) is 34.8 Å². The van der Waals surface area contributed by atoms with E-state index in [1.165, 1.54) is 25.4 Å². The Balaban J connectivity index is 2.59. The largest absolute Gasteiger partial charge is 0.494 e. The molecule has 1 aliphatic rings. The molecule has 5 nitrogen and oxygen atoms in total. The topological polar surface area (TPSA) is 76.0 Å². The molecule has 0 amide bonds. The Kier molecular flexibility index (Phi) is 10.1. The van der Waals surface area contributed by atoms with Crippen LogP contribution < -0.4 is 0 Å². The first-order valence-corrected chi connectivity index (χ1v) is 10.6. The summed E-state index contributed by atoms with van der Waals surface area (Å²) in [5, 5.41) is 20.4. The number of hydrogen-bond acceptors (Lipinski definition) is 5. The van der Waals surface area contributed by atoms with Crippen LogP contribution in [-0.4, -0.2) is 41.9 Å². The fourth-order valence-corrected chi connectivity index (χ4v) is 3.76. The Hall–Kier alpha value is -1.59. The maximum Gasteiger partial charge on any atom is 0.204 e. The van der Waals surface area contributed by atoms with Gasteiger partial charge in [-0.15, -0.1) is 0 Å². The molecule has 0 aromatic carbocycles. The van der Waals surface area contributed by atoms with Crippen LogP contribution in [0.1, 0.15) is 73.1 Å². The van der Waals surface area contributed by atoms with Crippen molar-refractivity contribution in [1.29, 1.82) is 0 Å². The lowest BCUT2D eigenvalue weighted by Crippen LogP contribution is -2.40. The lowest BCUT2D eigenvalue weighted by Gasteiger charge is -2.33. The maximum atomic E-state index is 12.5. The molecular weight excluding hydrogens is 368 g/mol. The van der Waals surface area contributed by atoms with Crippen LogP contribution in [-0.2, 0) is 14.3 Å². The molecule has 166 valence electrons. The molecule has 3 unspecified atom stereocenters. The standard InChI is InChI=1S/C24H40O5/c1-16(12-9-15-24(4,5)27)10-8-11-17(2)13-14-19-18(3)20(25)22(28-6)23(29-7)21(19)26/h10,13,18-19,21,26-27H,8-9,11-12,14-15H2,1-7H3/b16-10+,17-13+. The molecule has 0 saturated heterocycles. The van der Waals surface area contributed by atoms with E-state index in [0.717, 1.165) is 32.1 Å². The summed E-state index contributed by atoms with van der Waals surface area (Å²) >= 11 is 0. The van der Waals surface area contributed by atoms with Crippen LogP contribution in [0.15, 0.2) is 34.8 Å². The van der Waals surface area contributed by atoms with Crippen molar-refractivity contribution < 1.29 is 24.5 Å². The number of hydrogen-bond donors (Lipinski definition) is 2. The van der Waals surface area contributed by atoms with Gasteiger partial charge in [0.05, 0.1) is 19.8 Å². The zero-order chi connectivity index (χ0) is 22.2. The highest BCUT2D eigenvalue weighted by atomic mass is 16.5. The lowest BCUT2D eigenvalue weighted by molar-refractivity contribution is -0.128. The van der Waals surface area contributed by atoms with Gasteiger partial charge in [0.1, 0.15) is 6.10 Å². The lowest BCUT2D eigenvalue weighted by atomic mass is 9.77. The minimum absolute atomic E-state index is 0.115. The van der Waals surface area contributed by atoms with Gasteiger partial charge in [-0.05, 0) is 66.2 Å². The van der Waals surface area contributed by atoms with Crippen LogP contribution in [0.5, 0.6) is 0 Å². The molecule has 2 N–H and O–H groups in total. The number of ketones is 1. The monoisotopic (exact) mass is 408 g/mol. The predicted molar refractivity (Wildman–Crippen MR) is 116 cm³/mol. The smallest absolute Gasteiger partial charge is 0.204 e. The van der Waals surface area contributed by atoms with Crippen molar-refractivity contribution in [2.24, 2.45) is 11.8 Å². The summed E-state index contributed by atoms with van der Waals surface area (Å²) in [5.74, 6) is -0.285. The van der Waals surface area contributed by atoms with Gasteiger partial charge in [-0.2, -0.15) is 0 Å². The number of ether oxygens (including phenoxy) is 2. The highest BCUT2D eigenvalue weighted by molar-refractivity contribution is 5.97. The SMILES string of the molecule is COC1=C(OC)C(O)C(C/C=C(\C)CC/C=C(\C)CCCC(C)(C)O)C(C)C1=O. The van der Waals surface area contributed by atoms with Crippen LogP contribution in [0.25, 0.3) is 0 Å². The van der Waals surface area contributed by atoms with Crippen molar-refractivity contribution in [1.82, 2.24) is 0 Å². The normalized spacial score (nSPS) is 24.2. The average molecular weight is 409 g/mol. The third kappa shape index (κ3) is 7.98. The quantitative estimate of drug-likeness (QED) is 0.485. The molecule has 0 spiro atoms. The van der Waals surface area contributed by atoms with Gasteiger partial charge in [0, 0.05) is 11.8 Å². The van der Waals surface area contributed by atoms with Crippen molar-refractivity contribution in [3.8, 4) is 0 Å². The zero-order valence-corrected chi connectivity index (χ0v) is 19.2. The summed E-state index contributed by atoms with van der Waals surface area (Å²) < 4.78 is 10.4. The summed E-state index contributed by atoms with van der Waals surface area (Å²) in [6, 6.07) is 0. The predicted octanol–water partition coefficient (Wildman–Crippen LogP) is 4.69. The van der Waals surface area contributed by atoms with E-state index in [4.69, 9.17) is 9.47 Å². The Morgan fingerprint density at radius 3 is 2.28 bits per heavy atom. The van der Waals surface area contributed by atoms with E-state index in [9.17, 15) is 15.0 Å². The third-order valence-electron chi connectivity index (χ3n) is 5.73. The second kappa shape index (κ2) is 11.6. The van der Waals surface area contributed by atoms with Gasteiger partial charge in [-0.25, -0.2) is 0 Å². The number of aliphatic hydroxyl groups is 2. The summed E-state index contributed by atoms with van der Waals surface area (Å²) in [6.45, 7) is 9.76. The average Bonchev–Trinajstić information content (AvgIpc) is 2.63. The fraction of sp³-hybridized carbons (Fsp3) is 0.708. The van der Waals surface area contributed by atoms with Crippen LogP contribution >= 0.6 is 0 Å². The number of aliphatic hydroxyl groups excluding tert-OH is 1. The van der Waals surface area contributed by atoms with E-state index < -0.39 is 11.7 Å². The molecule has 29 heavy (non-hydrogen) atoms. The molecule has 0 fully saturated rings. The Bertz CT molecular complexity index is 636. The van der Waals surface area contributed by atoms with E-state index >= 15 is 0 Å². The van der Waals surface area contributed by atoms with Crippen LogP contribution in [0.2, 0.25) is 0 Å². The van der Waals surface area contributed by atoms with Crippen LogP contribution in [0.4, 0.5) is 0 Å². The van der Waals surface area contributed by atoms with Gasteiger partial charge in [-0.1, -0.05) is 30.2 Å². The summed E-state index contributed by atoms with van der Waals surface area (Å²) in [5.41, 5.74) is 2.01. The van der Waals surface area contributed by atoms with Crippen LogP contribution in [0.3, 0.4) is 0 Å². The zero-order valence-electron chi connectivity index (χ0n) is 19.2. The van der Waals surface area contributed by atoms with E-state index in [0.29, 0.717) is 6.42 Å². The van der Waals surface area contributed by atoms with Gasteiger partial charge in [0.15, 0.2) is 5.76 Å². The molecule has 0 bridgehead atoms. The summed E-state index contributed by atoms with van der Waals surface area (Å²) in [6.07, 6.45) is 8.89. The number of carbonyl (C=O) groups excluding carboxylic acids is 1. The van der Waals surface area contributed by atoms with Crippen molar-refractivity contribution in [2.75, 3.05) is 14.2 Å². The molecule has 0 aromatic heterocycles. The number of Topliss-reactive ketones (excluding diaryl/α,β-unsaturated/α-hetero) is 1. The molecule has 3 atom stereocenters. The number of rotatable bonds is 11. The molecule has 5 heteroatoms. The Labute approximate surface area is 176 Å². The van der Waals surface area contributed by atoms with Gasteiger partial charge in [0.25, 0.3) is 0 Å². The van der Waals surface area contributed by atoms with Crippen LogP contribution in [0, 0.1) is 11.8 Å². The molecule has 0 radical (unpaired) electrons. The van der Waals surface area contributed by atoms with Gasteiger partial charge in [0.2, 0.25) is 11.5 Å². The molecule has 1 rings (SSSR count). The molecule has 1 aliphatic carbocycles. The highest BCUT2D eigenvalue weighted by Gasteiger charge is 2.42. The number of allylic oxidation sites excluding steroid dienone is 5. The first kappa shape index (κ1) is 25.4. The molecule has 0 aromatic rings. The van der Waals surface area contributed by atoms with Crippen molar-refractivity contribution in [2.45, 2.75) is 84.8 Å². The summed E-state index contributed by atoms with van der Waals surface area (Å²) in [4.78, 5) is 12.5. The number of methoxy groups -OCH3 is 2. The van der Waals surface area contributed by atoms with Crippen molar-refractivity contribution >= 4 is 5.78 Å². The molecule has 0 aliphatic heterocycles. The van der Waals surface area contributed by atoms with Gasteiger partial charge >= 0.3 is 0 Å². The minimum Gasteiger partial charge on any atom is -0.494 e. The molecule has 0 heterocycles. The Morgan fingerprint density at radius 2 is 1.72 bits per heavy atom. The minimum atomic E-state index is -0.843. The van der Waals surface area contributed by atoms with E-state index in [1.807, 2.05) is 20.8 Å². The second-order valence-electron chi connectivity index (χ2n) is 8.90. The highest BCUT2D eigenvalue weighted by Crippen LogP contribution is 2.35. The Morgan fingerprint density at radius 1 is 1.10 bits per heavy atom. The van der Waals surface area contributed by atoms with Crippen molar-refractivity contribution in [3.63, 3.8) is 0 Å².